The maximum Gasteiger partial charge on any atom is 0.180 e. The fourth-order valence-electron chi connectivity index (χ4n) is 14.8. The minimum absolute atomic E-state index is 0.0658. The number of aldehydes is 1. The minimum Gasteiger partial charge on any atom is -0.396 e. The number of hydrogen-bond donors (Lipinski definition) is 1. The number of fused-ring (bicyclic) bond motifs is 8. The van der Waals surface area contributed by atoms with Gasteiger partial charge in [0.15, 0.2) is 23.1 Å². The van der Waals surface area contributed by atoms with Gasteiger partial charge in [0, 0.05) is 41.9 Å². The van der Waals surface area contributed by atoms with Gasteiger partial charge < -0.3 is 47.8 Å². The first-order valence-electron chi connectivity index (χ1n) is 20.2. The van der Waals surface area contributed by atoms with Crippen LogP contribution in [0.25, 0.3) is 0 Å². The summed E-state index contributed by atoms with van der Waals surface area (Å²) >= 11 is 0. The van der Waals surface area contributed by atoms with Gasteiger partial charge >= 0.3 is 0 Å². The Hall–Kier alpha value is -0.690. The van der Waals surface area contributed by atoms with E-state index in [0.717, 1.165) is 90.1 Å². The topological polar surface area (TPSA) is 111 Å². The predicted octanol–water partition coefficient (Wildman–Crippen LogP) is 5.62. The van der Waals surface area contributed by atoms with E-state index in [4.69, 9.17) is 37.9 Å². The van der Waals surface area contributed by atoms with E-state index in [1.807, 2.05) is 0 Å². The molecule has 6 aliphatic carbocycles. The first-order chi connectivity index (χ1) is 24.0. The molecule has 4 aliphatic heterocycles. The first kappa shape index (κ1) is 35.0. The highest BCUT2D eigenvalue weighted by atomic mass is 16.8. The summed E-state index contributed by atoms with van der Waals surface area (Å²) in [4.78, 5) is 12.3. The summed E-state index contributed by atoms with van der Waals surface area (Å²) in [5, 5.41) is 10.4. The number of carbonyl (C=O) groups is 1. The van der Waals surface area contributed by atoms with Gasteiger partial charge in [0.2, 0.25) is 0 Å². The van der Waals surface area contributed by atoms with Gasteiger partial charge in [-0.25, -0.2) is 0 Å². The zero-order chi connectivity index (χ0) is 34.7. The van der Waals surface area contributed by atoms with E-state index >= 15 is 0 Å². The molecule has 4 saturated heterocycles. The van der Waals surface area contributed by atoms with E-state index in [0.29, 0.717) is 75.1 Å². The number of rotatable bonds is 2. The summed E-state index contributed by atoms with van der Waals surface area (Å²) in [6.07, 6.45) is 13.7. The summed E-state index contributed by atoms with van der Waals surface area (Å²) in [6, 6.07) is 0. The fourth-order valence-corrected chi connectivity index (χ4v) is 14.8. The van der Waals surface area contributed by atoms with Crippen molar-refractivity contribution in [1.29, 1.82) is 0 Å². The lowest BCUT2D eigenvalue weighted by atomic mass is 9.48. The number of aliphatic hydroxyl groups excluding tert-OH is 1. The Bertz CT molecular complexity index is 1300. The molecule has 2 unspecified atom stereocenters. The molecule has 0 bridgehead atoms. The fraction of sp³-hybridized carbons (Fsp3) is 0.975. The lowest BCUT2D eigenvalue weighted by molar-refractivity contribution is -0.307. The van der Waals surface area contributed by atoms with E-state index in [1.54, 1.807) is 0 Å². The summed E-state index contributed by atoms with van der Waals surface area (Å²) in [5.41, 5.74) is -0.707. The molecular formula is C40H62O10. The Balaban J connectivity index is 0.000000135. The maximum atomic E-state index is 12.3. The van der Waals surface area contributed by atoms with Gasteiger partial charge in [0.25, 0.3) is 0 Å². The number of aliphatic hydroxyl groups is 1. The standard InChI is InChI=1S/C20H32O5.C20H30O5/c2*1-17-6-4-16-14(15(17)5-8-19(17)22-9-10-23-19)3-7-20(18(16,2)13-21)24-11-12-25-20/h14-16,21H,3-13H2,1-2H3;13-16H,3-12H2,1-2H3/t2*14-,15-,16?,17-,18+/m00/s1. The molecule has 4 heterocycles. The highest BCUT2D eigenvalue weighted by Crippen LogP contribution is 2.71. The van der Waals surface area contributed by atoms with Crippen LogP contribution < -0.4 is 0 Å². The molecule has 1 N–H and O–H groups in total. The van der Waals surface area contributed by atoms with E-state index < -0.39 is 17.0 Å². The van der Waals surface area contributed by atoms with Crippen molar-refractivity contribution in [2.45, 2.75) is 128 Å². The van der Waals surface area contributed by atoms with Gasteiger partial charge in [-0.3, -0.25) is 0 Å². The van der Waals surface area contributed by atoms with Crippen LogP contribution in [0.2, 0.25) is 0 Å². The average molecular weight is 703 g/mol. The van der Waals surface area contributed by atoms with Gasteiger partial charge in [0.1, 0.15) is 6.29 Å². The Morgan fingerprint density at radius 1 is 0.480 bits per heavy atom. The molecule has 50 heavy (non-hydrogen) atoms. The van der Waals surface area contributed by atoms with Crippen LogP contribution >= 0.6 is 0 Å². The maximum absolute atomic E-state index is 12.3. The highest BCUT2D eigenvalue weighted by molar-refractivity contribution is 5.62. The minimum atomic E-state index is -0.694. The molecule has 0 aromatic rings. The molecule has 10 nitrogen and oxygen atoms in total. The van der Waals surface area contributed by atoms with Crippen LogP contribution in [-0.2, 0) is 42.7 Å². The summed E-state index contributed by atoms with van der Waals surface area (Å²) < 4.78 is 49.2. The lowest BCUT2D eigenvalue weighted by Crippen LogP contribution is -2.63. The molecule has 10 aliphatic rings. The van der Waals surface area contributed by atoms with Crippen LogP contribution in [0.3, 0.4) is 0 Å². The molecule has 10 atom stereocenters. The zero-order valence-corrected chi connectivity index (χ0v) is 31.0. The zero-order valence-electron chi connectivity index (χ0n) is 31.0. The molecule has 0 radical (unpaired) electrons. The highest BCUT2D eigenvalue weighted by Gasteiger charge is 2.72. The quantitative estimate of drug-likeness (QED) is 0.364. The number of carbonyl (C=O) groups excluding carboxylic acids is 1. The summed E-state index contributed by atoms with van der Waals surface area (Å²) in [6.45, 7) is 14.6. The lowest BCUT2D eigenvalue weighted by Gasteiger charge is -2.61. The van der Waals surface area contributed by atoms with E-state index in [2.05, 4.69) is 27.7 Å². The van der Waals surface area contributed by atoms with Crippen molar-refractivity contribution in [3.05, 3.63) is 0 Å². The molecular weight excluding hydrogens is 640 g/mol. The van der Waals surface area contributed by atoms with Gasteiger partial charge in [-0.05, 0) is 93.8 Å². The second kappa shape index (κ2) is 11.9. The van der Waals surface area contributed by atoms with Crippen molar-refractivity contribution in [3.63, 3.8) is 0 Å². The Morgan fingerprint density at radius 3 is 1.30 bits per heavy atom. The molecule has 282 valence electrons. The molecule has 0 amide bonds. The summed E-state index contributed by atoms with van der Waals surface area (Å²) in [5.74, 6) is 1.06. The second-order valence-corrected chi connectivity index (χ2v) is 18.6. The van der Waals surface area contributed by atoms with Gasteiger partial charge in [-0.1, -0.05) is 20.8 Å². The molecule has 6 saturated carbocycles. The van der Waals surface area contributed by atoms with Crippen LogP contribution in [0, 0.1) is 57.2 Å². The third-order valence-electron chi connectivity index (χ3n) is 17.4. The molecule has 4 spiro atoms. The van der Waals surface area contributed by atoms with E-state index in [9.17, 15) is 9.90 Å². The molecule has 0 aromatic heterocycles. The van der Waals surface area contributed by atoms with Crippen LogP contribution in [0.5, 0.6) is 0 Å². The monoisotopic (exact) mass is 702 g/mol. The SMILES string of the molecule is C[C@]12CCC3[C@@H](CCC4(OCCO4)[C@]3(C)C=O)[C@@H]1CCC21OCCO1.C[C@]12CCC3[C@@H](CCC4(OCCO4)[C@]3(C)CO)[C@@H]1CCC21OCCO1. The van der Waals surface area contributed by atoms with Crippen LogP contribution in [0.15, 0.2) is 0 Å². The molecule has 10 rings (SSSR count). The van der Waals surface area contributed by atoms with Gasteiger partial charge in [0.05, 0.1) is 64.9 Å². The molecule has 10 heteroatoms. The van der Waals surface area contributed by atoms with Crippen molar-refractivity contribution in [2.75, 3.05) is 59.5 Å². The Labute approximate surface area is 298 Å². The third-order valence-corrected chi connectivity index (χ3v) is 17.4. The van der Waals surface area contributed by atoms with Crippen molar-refractivity contribution in [1.82, 2.24) is 0 Å². The smallest absolute Gasteiger partial charge is 0.180 e. The number of hydrogen-bond acceptors (Lipinski definition) is 10. The second-order valence-electron chi connectivity index (χ2n) is 18.6. The van der Waals surface area contributed by atoms with Crippen molar-refractivity contribution >= 4 is 6.29 Å². The van der Waals surface area contributed by atoms with Crippen molar-refractivity contribution in [3.8, 4) is 0 Å². The number of ether oxygens (including phenoxy) is 8. The third kappa shape index (κ3) is 4.32. The van der Waals surface area contributed by atoms with Crippen molar-refractivity contribution < 1.29 is 47.8 Å². The van der Waals surface area contributed by atoms with Crippen LogP contribution in [-0.4, -0.2) is 94.0 Å². The predicted molar refractivity (Wildman–Crippen MR) is 180 cm³/mol. The summed E-state index contributed by atoms with van der Waals surface area (Å²) in [7, 11) is 0. The molecule has 10 fully saturated rings. The largest absolute Gasteiger partial charge is 0.396 e. The van der Waals surface area contributed by atoms with Gasteiger partial charge in [-0.2, -0.15) is 0 Å². The normalized spacial score (nSPS) is 50.2. The van der Waals surface area contributed by atoms with Gasteiger partial charge in [-0.15, -0.1) is 0 Å². The average Bonchev–Trinajstić information content (AvgIpc) is 3.98. The molecule has 0 aromatic carbocycles. The first-order valence-corrected chi connectivity index (χ1v) is 20.2. The Kier molecular flexibility index (Phi) is 8.34. The Morgan fingerprint density at radius 2 is 0.840 bits per heavy atom. The van der Waals surface area contributed by atoms with Crippen molar-refractivity contribution in [2.24, 2.45) is 57.2 Å². The van der Waals surface area contributed by atoms with E-state index in [-0.39, 0.29) is 34.4 Å². The van der Waals surface area contributed by atoms with E-state index in [1.165, 1.54) is 6.42 Å². The van der Waals surface area contributed by atoms with Crippen LogP contribution in [0.1, 0.15) is 105 Å². The van der Waals surface area contributed by atoms with Crippen LogP contribution in [0.4, 0.5) is 0 Å².